The van der Waals surface area contributed by atoms with Crippen LogP contribution in [0.3, 0.4) is 0 Å². The van der Waals surface area contributed by atoms with E-state index in [1.165, 1.54) is 32.1 Å². The number of methoxy groups -OCH3 is 1. The molecule has 0 radical (unpaired) electrons. The highest BCUT2D eigenvalue weighted by Crippen LogP contribution is 2.38. The summed E-state index contributed by atoms with van der Waals surface area (Å²) < 4.78 is 6.89. The minimum Gasteiger partial charge on any atom is -0.383 e. The summed E-state index contributed by atoms with van der Waals surface area (Å²) >= 11 is 0. The van der Waals surface area contributed by atoms with E-state index in [2.05, 4.69) is 15.6 Å². The molecule has 1 saturated carbocycles. The smallest absolute Gasteiger partial charge is 0.0833 e. The van der Waals surface area contributed by atoms with E-state index in [1.807, 2.05) is 13.2 Å². The Labute approximate surface area is 115 Å². The number of aryl methyl sites for hydroxylation is 1. The lowest BCUT2D eigenvalue weighted by Crippen LogP contribution is -2.39. The van der Waals surface area contributed by atoms with E-state index < -0.39 is 0 Å². The van der Waals surface area contributed by atoms with Crippen molar-refractivity contribution in [3.63, 3.8) is 0 Å². The predicted octanol–water partition coefficient (Wildman–Crippen LogP) is 1.54. The van der Waals surface area contributed by atoms with Crippen molar-refractivity contribution in [3.8, 4) is 0 Å². The summed E-state index contributed by atoms with van der Waals surface area (Å²) in [5, 5.41) is 11.9. The fourth-order valence-corrected chi connectivity index (χ4v) is 3.11. The van der Waals surface area contributed by atoms with Crippen molar-refractivity contribution in [1.29, 1.82) is 0 Å². The van der Waals surface area contributed by atoms with Crippen molar-refractivity contribution in [2.24, 2.45) is 12.5 Å². The van der Waals surface area contributed by atoms with Crippen LogP contribution in [0, 0.1) is 5.41 Å². The molecule has 0 atom stereocenters. The van der Waals surface area contributed by atoms with Crippen LogP contribution in [0.5, 0.6) is 0 Å². The summed E-state index contributed by atoms with van der Waals surface area (Å²) in [5.41, 5.74) is 1.49. The molecule has 1 aromatic heterocycles. The van der Waals surface area contributed by atoms with Crippen molar-refractivity contribution in [2.45, 2.75) is 38.5 Å². The first-order valence-corrected chi connectivity index (χ1v) is 7.29. The summed E-state index contributed by atoms with van der Waals surface area (Å²) in [6, 6.07) is 0. The number of hydrogen-bond acceptors (Lipinski definition) is 4. The van der Waals surface area contributed by atoms with Crippen molar-refractivity contribution in [2.75, 3.05) is 26.8 Å². The van der Waals surface area contributed by atoms with Crippen LogP contribution in [0.4, 0.5) is 0 Å². The van der Waals surface area contributed by atoms with Gasteiger partial charge in [-0.3, -0.25) is 4.68 Å². The lowest BCUT2D eigenvalue weighted by Gasteiger charge is -2.37. The minimum absolute atomic E-state index is 0.363. The van der Waals surface area contributed by atoms with Crippen molar-refractivity contribution < 1.29 is 4.74 Å². The van der Waals surface area contributed by atoms with Gasteiger partial charge >= 0.3 is 0 Å². The van der Waals surface area contributed by atoms with E-state index in [-0.39, 0.29) is 0 Å². The molecule has 0 saturated heterocycles. The second-order valence-electron chi connectivity index (χ2n) is 5.79. The van der Waals surface area contributed by atoms with Crippen LogP contribution in [0.1, 0.15) is 37.8 Å². The van der Waals surface area contributed by atoms with E-state index in [9.17, 15) is 0 Å². The van der Waals surface area contributed by atoms with E-state index >= 15 is 0 Å². The normalized spacial score (nSPS) is 18.6. The fourth-order valence-electron chi connectivity index (χ4n) is 3.11. The van der Waals surface area contributed by atoms with E-state index in [0.29, 0.717) is 5.41 Å². The van der Waals surface area contributed by atoms with Crippen molar-refractivity contribution in [1.82, 2.24) is 20.3 Å². The minimum atomic E-state index is 0.363. The number of rotatable bonds is 7. The molecule has 0 aromatic carbocycles. The van der Waals surface area contributed by atoms with Crippen LogP contribution in [0.25, 0.3) is 0 Å². The first-order chi connectivity index (χ1) is 9.24. The Morgan fingerprint density at radius 3 is 2.79 bits per heavy atom. The fraction of sp³-hybridized carbons (Fsp3) is 0.857. The lowest BCUT2D eigenvalue weighted by atomic mass is 9.71. The van der Waals surface area contributed by atoms with Gasteiger partial charge in [0.15, 0.2) is 0 Å². The Balaban J connectivity index is 1.93. The molecule has 1 aliphatic carbocycles. The standard InChI is InChI=1S/C14H26N4O/c1-18-11-13(16-17-18)10-14(6-4-3-5-7-14)12-15-8-9-19-2/h11,15H,3-10,12H2,1-2H3. The third kappa shape index (κ3) is 4.28. The topological polar surface area (TPSA) is 52.0 Å². The maximum atomic E-state index is 5.10. The highest BCUT2D eigenvalue weighted by Gasteiger charge is 2.32. The molecule has 1 aliphatic rings. The molecule has 1 N–H and O–H groups in total. The van der Waals surface area contributed by atoms with Crippen LogP contribution in [0.2, 0.25) is 0 Å². The van der Waals surface area contributed by atoms with Crippen LogP contribution < -0.4 is 5.32 Å². The zero-order valence-corrected chi connectivity index (χ0v) is 12.2. The highest BCUT2D eigenvalue weighted by atomic mass is 16.5. The van der Waals surface area contributed by atoms with Gasteiger partial charge in [-0.15, -0.1) is 5.10 Å². The van der Waals surface area contributed by atoms with Gasteiger partial charge in [-0.2, -0.15) is 0 Å². The van der Waals surface area contributed by atoms with Crippen LogP contribution in [-0.2, 0) is 18.2 Å². The summed E-state index contributed by atoms with van der Waals surface area (Å²) in [6.07, 6.45) is 9.73. The quantitative estimate of drug-likeness (QED) is 0.761. The van der Waals surface area contributed by atoms with Crippen LogP contribution in [0.15, 0.2) is 6.20 Å². The van der Waals surface area contributed by atoms with E-state index in [0.717, 1.165) is 31.8 Å². The zero-order chi connectivity index (χ0) is 13.6. The number of nitrogens with zero attached hydrogens (tertiary/aromatic N) is 3. The van der Waals surface area contributed by atoms with Crippen molar-refractivity contribution in [3.05, 3.63) is 11.9 Å². The number of hydrogen-bond donors (Lipinski definition) is 1. The first kappa shape index (κ1) is 14.5. The molecule has 0 spiro atoms. The first-order valence-electron chi connectivity index (χ1n) is 7.29. The van der Waals surface area contributed by atoms with Crippen LogP contribution >= 0.6 is 0 Å². The molecular formula is C14H26N4O. The third-order valence-electron chi connectivity index (χ3n) is 4.10. The Bertz CT molecular complexity index is 371. The predicted molar refractivity (Wildman–Crippen MR) is 75.0 cm³/mol. The molecule has 1 aromatic rings. The average Bonchev–Trinajstić information content (AvgIpc) is 2.81. The Hall–Kier alpha value is -0.940. The molecule has 19 heavy (non-hydrogen) atoms. The van der Waals surface area contributed by atoms with Gasteiger partial charge in [-0.05, 0) is 24.7 Å². The molecule has 1 fully saturated rings. The molecule has 2 rings (SSSR count). The van der Waals surface area contributed by atoms with Gasteiger partial charge in [0, 0.05) is 33.4 Å². The summed E-state index contributed by atoms with van der Waals surface area (Å²) in [4.78, 5) is 0. The molecule has 108 valence electrons. The van der Waals surface area contributed by atoms with Crippen LogP contribution in [-0.4, -0.2) is 41.8 Å². The number of ether oxygens (including phenoxy) is 1. The molecule has 1 heterocycles. The highest BCUT2D eigenvalue weighted by molar-refractivity contribution is 5.00. The van der Waals surface area contributed by atoms with Gasteiger partial charge < -0.3 is 10.1 Å². The Morgan fingerprint density at radius 1 is 1.37 bits per heavy atom. The Kier molecular flexibility index (Phi) is 5.34. The average molecular weight is 266 g/mol. The molecule has 5 heteroatoms. The van der Waals surface area contributed by atoms with E-state index in [1.54, 1.807) is 11.8 Å². The largest absolute Gasteiger partial charge is 0.383 e. The molecular weight excluding hydrogens is 240 g/mol. The van der Waals surface area contributed by atoms with Gasteiger partial charge in [-0.1, -0.05) is 24.5 Å². The van der Waals surface area contributed by atoms with Gasteiger partial charge in [-0.25, -0.2) is 0 Å². The van der Waals surface area contributed by atoms with Gasteiger partial charge in [0.25, 0.3) is 0 Å². The molecule has 0 aliphatic heterocycles. The van der Waals surface area contributed by atoms with Gasteiger partial charge in [0.05, 0.1) is 12.3 Å². The summed E-state index contributed by atoms with van der Waals surface area (Å²) in [5.74, 6) is 0. The third-order valence-corrected chi connectivity index (χ3v) is 4.10. The number of aromatic nitrogens is 3. The molecule has 0 bridgehead atoms. The lowest BCUT2D eigenvalue weighted by molar-refractivity contribution is 0.161. The molecule has 0 unspecified atom stereocenters. The number of nitrogens with one attached hydrogen (secondary N) is 1. The van der Waals surface area contributed by atoms with E-state index in [4.69, 9.17) is 4.74 Å². The summed E-state index contributed by atoms with van der Waals surface area (Å²) in [6.45, 7) is 2.77. The monoisotopic (exact) mass is 266 g/mol. The molecule has 0 amide bonds. The van der Waals surface area contributed by atoms with Gasteiger partial charge in [0.2, 0.25) is 0 Å². The zero-order valence-electron chi connectivity index (χ0n) is 12.2. The van der Waals surface area contributed by atoms with Crippen molar-refractivity contribution >= 4 is 0 Å². The SMILES string of the molecule is COCCNCC1(Cc2cn(C)nn2)CCCCC1. The maximum Gasteiger partial charge on any atom is 0.0833 e. The maximum absolute atomic E-state index is 5.10. The Morgan fingerprint density at radius 2 is 2.16 bits per heavy atom. The second kappa shape index (κ2) is 7.01. The second-order valence-corrected chi connectivity index (χ2v) is 5.79. The molecule has 5 nitrogen and oxygen atoms in total. The summed E-state index contributed by atoms with van der Waals surface area (Å²) in [7, 11) is 3.68. The van der Waals surface area contributed by atoms with Gasteiger partial charge in [0.1, 0.15) is 0 Å².